The lowest BCUT2D eigenvalue weighted by atomic mass is 10.3. The maximum atomic E-state index is 11.3. The zero-order valence-electron chi connectivity index (χ0n) is 7.25. The SMILES string of the molecule is O=[N+]([O-])c1cc(S(=O)(=O)CCl)ccc1O. The fourth-order valence-electron chi connectivity index (χ4n) is 0.906. The number of rotatable bonds is 3. The molecular formula is C7H6ClNO5S. The minimum atomic E-state index is -3.72. The van der Waals surface area contributed by atoms with Crippen molar-refractivity contribution in [2.45, 2.75) is 4.90 Å². The summed E-state index contributed by atoms with van der Waals surface area (Å²) in [4.78, 5) is 9.24. The molecule has 1 aromatic carbocycles. The topological polar surface area (TPSA) is 97.5 Å². The Morgan fingerprint density at radius 2 is 2.07 bits per heavy atom. The van der Waals surface area contributed by atoms with Crippen LogP contribution in [-0.4, -0.2) is 23.7 Å². The van der Waals surface area contributed by atoms with Crippen molar-refractivity contribution >= 4 is 27.1 Å². The third-order valence-electron chi connectivity index (χ3n) is 1.65. The summed E-state index contributed by atoms with van der Waals surface area (Å²) in [6, 6.07) is 2.77. The molecule has 0 saturated carbocycles. The van der Waals surface area contributed by atoms with Gasteiger partial charge in [-0.15, -0.1) is 11.6 Å². The number of alkyl halides is 1. The minimum absolute atomic E-state index is 0.290. The molecule has 0 aliphatic heterocycles. The first-order chi connectivity index (χ1) is 6.88. The van der Waals surface area contributed by atoms with Crippen molar-refractivity contribution in [2.75, 3.05) is 5.21 Å². The molecule has 0 unspecified atom stereocenters. The molecular weight excluding hydrogens is 246 g/mol. The predicted octanol–water partition coefficient (Wildman–Crippen LogP) is 1.27. The molecule has 0 heterocycles. The molecule has 82 valence electrons. The Balaban J connectivity index is 3.38. The zero-order chi connectivity index (χ0) is 11.6. The normalized spacial score (nSPS) is 11.3. The molecule has 8 heteroatoms. The molecule has 0 bridgehead atoms. The first-order valence-corrected chi connectivity index (χ1v) is 5.83. The van der Waals surface area contributed by atoms with Crippen LogP contribution in [0.15, 0.2) is 23.1 Å². The van der Waals surface area contributed by atoms with Gasteiger partial charge in [0.2, 0.25) is 0 Å². The van der Waals surface area contributed by atoms with Crippen molar-refractivity contribution in [1.82, 2.24) is 0 Å². The Morgan fingerprint density at radius 1 is 1.47 bits per heavy atom. The molecule has 0 aliphatic carbocycles. The van der Waals surface area contributed by atoms with Gasteiger partial charge < -0.3 is 5.11 Å². The van der Waals surface area contributed by atoms with E-state index in [2.05, 4.69) is 0 Å². The maximum absolute atomic E-state index is 11.3. The molecule has 0 radical (unpaired) electrons. The fraction of sp³-hybridized carbons (Fsp3) is 0.143. The van der Waals surface area contributed by atoms with Gasteiger partial charge in [0.25, 0.3) is 0 Å². The smallest absolute Gasteiger partial charge is 0.311 e. The lowest BCUT2D eigenvalue weighted by Crippen LogP contribution is -2.02. The van der Waals surface area contributed by atoms with Crippen LogP contribution in [0, 0.1) is 10.1 Å². The number of hydrogen-bond donors (Lipinski definition) is 1. The lowest BCUT2D eigenvalue weighted by molar-refractivity contribution is -0.386. The van der Waals surface area contributed by atoms with E-state index in [4.69, 9.17) is 16.7 Å². The number of aromatic hydroxyl groups is 1. The van der Waals surface area contributed by atoms with Gasteiger partial charge in [-0.05, 0) is 12.1 Å². The van der Waals surface area contributed by atoms with E-state index in [1.54, 1.807) is 0 Å². The van der Waals surface area contributed by atoms with Crippen LogP contribution in [0.1, 0.15) is 0 Å². The monoisotopic (exact) mass is 251 g/mol. The summed E-state index contributed by atoms with van der Waals surface area (Å²) < 4.78 is 22.5. The Morgan fingerprint density at radius 3 is 2.53 bits per heavy atom. The Labute approximate surface area is 90.2 Å². The van der Waals surface area contributed by atoms with Crippen LogP contribution in [0.5, 0.6) is 5.75 Å². The van der Waals surface area contributed by atoms with Crippen LogP contribution in [0.25, 0.3) is 0 Å². The molecule has 0 aliphatic rings. The lowest BCUT2D eigenvalue weighted by Gasteiger charge is -2.01. The zero-order valence-corrected chi connectivity index (χ0v) is 8.83. The molecule has 0 fully saturated rings. The van der Waals surface area contributed by atoms with E-state index < -0.39 is 31.4 Å². The number of nitrogens with zero attached hydrogens (tertiary/aromatic N) is 1. The summed E-state index contributed by atoms with van der Waals surface area (Å²) in [5.74, 6) is -0.589. The van der Waals surface area contributed by atoms with Crippen LogP contribution in [0.4, 0.5) is 5.69 Å². The Hall–Kier alpha value is -1.34. The summed E-state index contributed by atoms with van der Waals surface area (Å²) in [5, 5.41) is 18.8. The molecule has 1 N–H and O–H groups in total. The number of benzene rings is 1. The second-order valence-corrected chi connectivity index (χ2v) is 5.21. The van der Waals surface area contributed by atoms with E-state index >= 15 is 0 Å². The maximum Gasteiger partial charge on any atom is 0.311 e. The molecule has 6 nitrogen and oxygen atoms in total. The van der Waals surface area contributed by atoms with Gasteiger partial charge in [0.05, 0.1) is 9.82 Å². The van der Waals surface area contributed by atoms with Crippen molar-refractivity contribution < 1.29 is 18.4 Å². The average molecular weight is 252 g/mol. The van der Waals surface area contributed by atoms with Crippen molar-refractivity contribution in [2.24, 2.45) is 0 Å². The van der Waals surface area contributed by atoms with E-state index in [0.29, 0.717) is 0 Å². The molecule has 0 amide bonds. The number of nitro benzene ring substituents is 1. The molecule has 0 aromatic heterocycles. The highest BCUT2D eigenvalue weighted by atomic mass is 35.5. The summed E-state index contributed by atoms with van der Waals surface area (Å²) in [7, 11) is -3.72. The average Bonchev–Trinajstić information content (AvgIpc) is 2.17. The van der Waals surface area contributed by atoms with Crippen molar-refractivity contribution in [3.05, 3.63) is 28.3 Å². The molecule has 1 rings (SSSR count). The van der Waals surface area contributed by atoms with Crippen LogP contribution in [0.3, 0.4) is 0 Å². The van der Waals surface area contributed by atoms with E-state index in [9.17, 15) is 18.5 Å². The third kappa shape index (κ3) is 2.37. The quantitative estimate of drug-likeness (QED) is 0.496. The number of nitro groups is 1. The van der Waals surface area contributed by atoms with Gasteiger partial charge in [-0.25, -0.2) is 8.42 Å². The molecule has 0 atom stereocenters. The van der Waals surface area contributed by atoms with Crippen LogP contribution >= 0.6 is 11.6 Å². The summed E-state index contributed by atoms with van der Waals surface area (Å²) >= 11 is 5.18. The van der Waals surface area contributed by atoms with Gasteiger partial charge in [0.1, 0.15) is 5.21 Å². The van der Waals surface area contributed by atoms with Crippen LogP contribution in [-0.2, 0) is 9.84 Å². The summed E-state index contributed by atoms with van der Waals surface area (Å²) in [6.45, 7) is 0. The minimum Gasteiger partial charge on any atom is -0.502 e. The highest BCUT2D eigenvalue weighted by Gasteiger charge is 2.20. The van der Waals surface area contributed by atoms with E-state index in [-0.39, 0.29) is 4.90 Å². The van der Waals surface area contributed by atoms with E-state index in [0.717, 1.165) is 18.2 Å². The largest absolute Gasteiger partial charge is 0.502 e. The standard InChI is InChI=1S/C7H6ClNO5S/c8-4-15(13,14)5-1-2-7(10)6(3-5)9(11)12/h1-3,10H,4H2. The molecule has 1 aromatic rings. The van der Waals surface area contributed by atoms with Crippen molar-refractivity contribution in [1.29, 1.82) is 0 Å². The highest BCUT2D eigenvalue weighted by molar-refractivity contribution is 7.92. The molecule has 0 saturated heterocycles. The van der Waals surface area contributed by atoms with Crippen LogP contribution in [0.2, 0.25) is 0 Å². The number of hydrogen-bond acceptors (Lipinski definition) is 5. The van der Waals surface area contributed by atoms with E-state index in [1.807, 2.05) is 0 Å². The van der Waals surface area contributed by atoms with Crippen molar-refractivity contribution in [3.63, 3.8) is 0 Å². The van der Waals surface area contributed by atoms with Gasteiger partial charge in [0, 0.05) is 6.07 Å². The molecule has 15 heavy (non-hydrogen) atoms. The predicted molar refractivity (Wildman–Crippen MR) is 52.7 cm³/mol. The highest BCUT2D eigenvalue weighted by Crippen LogP contribution is 2.28. The Kier molecular flexibility index (Phi) is 3.15. The van der Waals surface area contributed by atoms with E-state index in [1.165, 1.54) is 0 Å². The first kappa shape index (κ1) is 11.7. The van der Waals surface area contributed by atoms with Crippen LogP contribution < -0.4 is 0 Å². The van der Waals surface area contributed by atoms with Crippen molar-refractivity contribution in [3.8, 4) is 5.75 Å². The summed E-state index contributed by atoms with van der Waals surface area (Å²) in [6.07, 6.45) is 0. The van der Waals surface area contributed by atoms with Gasteiger partial charge in [0.15, 0.2) is 15.6 Å². The van der Waals surface area contributed by atoms with Gasteiger partial charge in [-0.3, -0.25) is 10.1 Å². The fourth-order valence-corrected chi connectivity index (χ4v) is 1.98. The van der Waals surface area contributed by atoms with Gasteiger partial charge in [-0.2, -0.15) is 0 Å². The number of phenolic OH excluding ortho intramolecular Hbond substituents is 1. The first-order valence-electron chi connectivity index (χ1n) is 3.64. The molecule has 0 spiro atoms. The third-order valence-corrected chi connectivity index (χ3v) is 3.77. The second kappa shape index (κ2) is 4.03. The summed E-state index contributed by atoms with van der Waals surface area (Å²) in [5.41, 5.74) is -0.666. The van der Waals surface area contributed by atoms with Gasteiger partial charge in [-0.1, -0.05) is 0 Å². The van der Waals surface area contributed by atoms with Gasteiger partial charge >= 0.3 is 5.69 Å². The number of phenols is 1. The number of halogens is 1. The second-order valence-electron chi connectivity index (χ2n) is 2.63. The Bertz CT molecular complexity index is 498. The number of sulfone groups is 1.